The lowest BCUT2D eigenvalue weighted by atomic mass is 10.1. The van der Waals surface area contributed by atoms with Gasteiger partial charge in [0.15, 0.2) is 0 Å². The summed E-state index contributed by atoms with van der Waals surface area (Å²) in [7, 11) is 0. The fourth-order valence-corrected chi connectivity index (χ4v) is 1.76. The van der Waals surface area contributed by atoms with Crippen LogP contribution in [0, 0.1) is 0 Å². The molecule has 0 saturated carbocycles. The molecule has 0 atom stereocenters. The molecule has 0 aliphatic heterocycles. The Bertz CT molecular complexity index is 267. The van der Waals surface area contributed by atoms with E-state index in [1.807, 2.05) is 12.1 Å². The summed E-state index contributed by atoms with van der Waals surface area (Å²) >= 11 is 1.79. The molecular formula is C10H16N2S. The molecule has 1 aromatic rings. The van der Waals surface area contributed by atoms with Gasteiger partial charge in [0.25, 0.3) is 0 Å². The number of pyridine rings is 1. The number of thioether (sulfide) groups is 1. The van der Waals surface area contributed by atoms with Crippen molar-refractivity contribution in [3.8, 4) is 0 Å². The molecule has 0 saturated heterocycles. The third kappa shape index (κ3) is 3.27. The van der Waals surface area contributed by atoms with E-state index in [4.69, 9.17) is 5.73 Å². The summed E-state index contributed by atoms with van der Waals surface area (Å²) in [6.07, 6.45) is 2.83. The van der Waals surface area contributed by atoms with Crippen LogP contribution >= 0.6 is 11.8 Å². The Morgan fingerprint density at radius 2 is 2.15 bits per heavy atom. The van der Waals surface area contributed by atoms with E-state index in [0.717, 1.165) is 17.1 Å². The van der Waals surface area contributed by atoms with E-state index in [0.29, 0.717) is 0 Å². The SMILES string of the molecule is CCC(C)(C)Sc1ccc(N)cn1. The van der Waals surface area contributed by atoms with Gasteiger partial charge >= 0.3 is 0 Å². The average Bonchev–Trinajstić information content (AvgIpc) is 2.09. The van der Waals surface area contributed by atoms with Crippen LogP contribution in [-0.4, -0.2) is 9.73 Å². The lowest BCUT2D eigenvalue weighted by molar-refractivity contribution is 0.683. The van der Waals surface area contributed by atoms with Gasteiger partial charge in [0.2, 0.25) is 0 Å². The molecule has 0 fully saturated rings. The standard InChI is InChI=1S/C10H16N2S/c1-4-10(2,3)13-9-6-5-8(11)7-12-9/h5-7H,4,11H2,1-3H3. The fourth-order valence-electron chi connectivity index (χ4n) is 0.807. The van der Waals surface area contributed by atoms with Gasteiger partial charge in [-0.2, -0.15) is 0 Å². The van der Waals surface area contributed by atoms with Crippen LogP contribution in [0.2, 0.25) is 0 Å². The zero-order valence-electron chi connectivity index (χ0n) is 8.37. The number of nitrogen functional groups attached to an aromatic ring is 1. The van der Waals surface area contributed by atoms with Crippen LogP contribution in [0.25, 0.3) is 0 Å². The summed E-state index contributed by atoms with van der Waals surface area (Å²) < 4.78 is 0.253. The summed E-state index contributed by atoms with van der Waals surface area (Å²) in [6.45, 7) is 6.62. The second-order valence-electron chi connectivity index (χ2n) is 3.65. The van der Waals surface area contributed by atoms with E-state index in [9.17, 15) is 0 Å². The molecule has 13 heavy (non-hydrogen) atoms. The highest BCUT2D eigenvalue weighted by Crippen LogP contribution is 2.33. The van der Waals surface area contributed by atoms with Gasteiger partial charge in [0.05, 0.1) is 16.9 Å². The van der Waals surface area contributed by atoms with Gasteiger partial charge in [-0.1, -0.05) is 20.8 Å². The molecule has 1 rings (SSSR count). The molecule has 3 heteroatoms. The molecule has 2 N–H and O–H groups in total. The Morgan fingerprint density at radius 1 is 1.46 bits per heavy atom. The van der Waals surface area contributed by atoms with Crippen LogP contribution in [-0.2, 0) is 0 Å². The first kappa shape index (κ1) is 10.4. The van der Waals surface area contributed by atoms with Gasteiger partial charge in [0, 0.05) is 4.75 Å². The second-order valence-corrected chi connectivity index (χ2v) is 5.37. The third-order valence-corrected chi connectivity index (χ3v) is 3.28. The van der Waals surface area contributed by atoms with Crippen molar-refractivity contribution in [1.29, 1.82) is 0 Å². The van der Waals surface area contributed by atoms with Gasteiger partial charge in [-0.15, -0.1) is 11.8 Å². The van der Waals surface area contributed by atoms with Crippen LogP contribution in [0.15, 0.2) is 23.4 Å². The maximum atomic E-state index is 5.55. The molecule has 0 spiro atoms. The van der Waals surface area contributed by atoms with Gasteiger partial charge in [-0.3, -0.25) is 0 Å². The summed E-state index contributed by atoms with van der Waals surface area (Å²) in [5.74, 6) is 0. The lowest BCUT2D eigenvalue weighted by Crippen LogP contribution is -2.12. The summed E-state index contributed by atoms with van der Waals surface area (Å²) in [5, 5.41) is 1.04. The lowest BCUT2D eigenvalue weighted by Gasteiger charge is -2.20. The Labute approximate surface area is 83.9 Å². The highest BCUT2D eigenvalue weighted by atomic mass is 32.2. The van der Waals surface area contributed by atoms with Gasteiger partial charge in [0.1, 0.15) is 0 Å². The number of hydrogen-bond acceptors (Lipinski definition) is 3. The predicted octanol–water partition coefficient (Wildman–Crippen LogP) is 2.94. The van der Waals surface area contributed by atoms with E-state index in [2.05, 4.69) is 25.8 Å². The monoisotopic (exact) mass is 196 g/mol. The van der Waals surface area contributed by atoms with E-state index in [-0.39, 0.29) is 4.75 Å². The number of anilines is 1. The van der Waals surface area contributed by atoms with Crippen molar-refractivity contribution in [2.75, 3.05) is 5.73 Å². The first-order valence-electron chi connectivity index (χ1n) is 4.44. The quantitative estimate of drug-likeness (QED) is 0.755. The summed E-state index contributed by atoms with van der Waals surface area (Å²) in [4.78, 5) is 4.25. The Balaban J connectivity index is 2.69. The van der Waals surface area contributed by atoms with Crippen LogP contribution < -0.4 is 5.73 Å². The smallest absolute Gasteiger partial charge is 0.0966 e. The highest BCUT2D eigenvalue weighted by molar-refractivity contribution is 8.00. The Kier molecular flexibility index (Phi) is 3.20. The molecule has 1 aromatic heterocycles. The van der Waals surface area contributed by atoms with E-state index < -0.39 is 0 Å². The second kappa shape index (κ2) is 4.01. The minimum atomic E-state index is 0.253. The number of hydrogen-bond donors (Lipinski definition) is 1. The topological polar surface area (TPSA) is 38.9 Å². The van der Waals surface area contributed by atoms with E-state index >= 15 is 0 Å². The van der Waals surface area contributed by atoms with Crippen LogP contribution in [0.3, 0.4) is 0 Å². The summed E-state index contributed by atoms with van der Waals surface area (Å²) in [5.41, 5.74) is 6.27. The molecule has 0 bridgehead atoms. The molecule has 0 aliphatic carbocycles. The van der Waals surface area contributed by atoms with Crippen molar-refractivity contribution in [3.05, 3.63) is 18.3 Å². The number of nitrogens with zero attached hydrogens (tertiary/aromatic N) is 1. The van der Waals surface area contributed by atoms with E-state index in [1.54, 1.807) is 18.0 Å². The molecule has 0 amide bonds. The molecule has 2 nitrogen and oxygen atoms in total. The van der Waals surface area contributed by atoms with Gasteiger partial charge in [-0.25, -0.2) is 4.98 Å². The molecule has 1 heterocycles. The van der Waals surface area contributed by atoms with Crippen molar-refractivity contribution in [1.82, 2.24) is 4.98 Å². The normalized spacial score (nSPS) is 11.6. The number of aromatic nitrogens is 1. The average molecular weight is 196 g/mol. The minimum Gasteiger partial charge on any atom is -0.397 e. The van der Waals surface area contributed by atoms with Gasteiger partial charge < -0.3 is 5.73 Å². The van der Waals surface area contributed by atoms with Crippen LogP contribution in [0.5, 0.6) is 0 Å². The van der Waals surface area contributed by atoms with Crippen molar-refractivity contribution >= 4 is 17.4 Å². The Morgan fingerprint density at radius 3 is 2.62 bits per heavy atom. The summed E-state index contributed by atoms with van der Waals surface area (Å²) in [6, 6.07) is 3.86. The van der Waals surface area contributed by atoms with Crippen molar-refractivity contribution in [2.45, 2.75) is 37.0 Å². The van der Waals surface area contributed by atoms with Crippen molar-refractivity contribution in [2.24, 2.45) is 0 Å². The molecular weight excluding hydrogens is 180 g/mol. The van der Waals surface area contributed by atoms with Gasteiger partial charge in [-0.05, 0) is 18.6 Å². The maximum absolute atomic E-state index is 5.55. The third-order valence-electron chi connectivity index (χ3n) is 1.99. The first-order valence-corrected chi connectivity index (χ1v) is 5.26. The molecule has 72 valence electrons. The fraction of sp³-hybridized carbons (Fsp3) is 0.500. The van der Waals surface area contributed by atoms with Crippen LogP contribution in [0.1, 0.15) is 27.2 Å². The van der Waals surface area contributed by atoms with Crippen LogP contribution in [0.4, 0.5) is 5.69 Å². The first-order chi connectivity index (χ1) is 6.03. The zero-order chi connectivity index (χ0) is 9.90. The molecule has 0 aromatic carbocycles. The van der Waals surface area contributed by atoms with Crippen molar-refractivity contribution < 1.29 is 0 Å². The number of nitrogens with two attached hydrogens (primary N) is 1. The molecule has 0 unspecified atom stereocenters. The maximum Gasteiger partial charge on any atom is 0.0966 e. The van der Waals surface area contributed by atoms with E-state index in [1.165, 1.54) is 0 Å². The minimum absolute atomic E-state index is 0.253. The largest absolute Gasteiger partial charge is 0.397 e. The molecule has 0 radical (unpaired) electrons. The highest BCUT2D eigenvalue weighted by Gasteiger charge is 2.16. The Hall–Kier alpha value is -0.700. The zero-order valence-corrected chi connectivity index (χ0v) is 9.19. The number of rotatable bonds is 3. The van der Waals surface area contributed by atoms with Crippen molar-refractivity contribution in [3.63, 3.8) is 0 Å². The predicted molar refractivity (Wildman–Crippen MR) is 58.9 cm³/mol. The molecule has 0 aliphatic rings.